The van der Waals surface area contributed by atoms with Crippen LogP contribution in [0.3, 0.4) is 0 Å². The van der Waals surface area contributed by atoms with Gasteiger partial charge in [-0.15, -0.1) is 11.3 Å². The molecular weight excluding hydrogens is 504 g/mol. The van der Waals surface area contributed by atoms with Gasteiger partial charge < -0.3 is 14.6 Å². The van der Waals surface area contributed by atoms with Gasteiger partial charge in [-0.25, -0.2) is 9.79 Å². The van der Waals surface area contributed by atoms with Crippen LogP contribution >= 0.6 is 27.3 Å². The molecule has 2 aromatic carbocycles. The highest BCUT2D eigenvalue weighted by Gasteiger charge is 2.28. The van der Waals surface area contributed by atoms with E-state index in [0.29, 0.717) is 27.4 Å². The van der Waals surface area contributed by atoms with Gasteiger partial charge in [-0.3, -0.25) is 4.90 Å². The number of methoxy groups -OCH3 is 1. The van der Waals surface area contributed by atoms with Crippen LogP contribution in [0.2, 0.25) is 0 Å². The Morgan fingerprint density at radius 1 is 1.30 bits per heavy atom. The van der Waals surface area contributed by atoms with Crippen LogP contribution in [0.5, 0.6) is 11.5 Å². The van der Waals surface area contributed by atoms with Crippen LogP contribution in [0.15, 0.2) is 51.9 Å². The zero-order valence-corrected chi connectivity index (χ0v) is 20.9. The number of halogens is 1. The fourth-order valence-corrected chi connectivity index (χ4v) is 5.53. The Morgan fingerprint density at radius 3 is 2.82 bits per heavy atom. The summed E-state index contributed by atoms with van der Waals surface area (Å²) >= 11 is 4.98. The van der Waals surface area contributed by atoms with E-state index in [1.54, 1.807) is 25.3 Å². The summed E-state index contributed by atoms with van der Waals surface area (Å²) in [5.74, 6) is 0.0622. The maximum Gasteiger partial charge on any atom is 0.341 e. The van der Waals surface area contributed by atoms with Gasteiger partial charge >= 0.3 is 5.97 Å². The Labute approximate surface area is 205 Å². The minimum atomic E-state index is -0.332. The summed E-state index contributed by atoms with van der Waals surface area (Å²) in [7, 11) is 1.50. The molecule has 1 N–H and O–H groups in total. The Balaban J connectivity index is 1.65. The molecule has 0 saturated carbocycles. The van der Waals surface area contributed by atoms with Crippen LogP contribution < -0.4 is 4.74 Å². The van der Waals surface area contributed by atoms with Gasteiger partial charge in [0.15, 0.2) is 11.5 Å². The third kappa shape index (κ3) is 5.29. The van der Waals surface area contributed by atoms with E-state index in [9.17, 15) is 9.90 Å². The van der Waals surface area contributed by atoms with Gasteiger partial charge in [0, 0.05) is 40.8 Å². The third-order valence-electron chi connectivity index (χ3n) is 5.46. The maximum absolute atomic E-state index is 12.8. The minimum Gasteiger partial charge on any atom is -0.504 e. The van der Waals surface area contributed by atoms with Gasteiger partial charge in [-0.05, 0) is 52.5 Å². The molecule has 2 heterocycles. The normalized spacial score (nSPS) is 13.8. The molecule has 8 heteroatoms. The smallest absolute Gasteiger partial charge is 0.341 e. The van der Waals surface area contributed by atoms with Gasteiger partial charge in [0.25, 0.3) is 0 Å². The topological polar surface area (TPSA) is 71.4 Å². The number of fused-ring (bicyclic) bond motifs is 1. The molecule has 0 bridgehead atoms. The van der Waals surface area contributed by atoms with Gasteiger partial charge in [0.2, 0.25) is 0 Å². The van der Waals surface area contributed by atoms with Crippen molar-refractivity contribution in [3.8, 4) is 11.5 Å². The number of carbonyl (C=O) groups is 1. The second-order valence-corrected chi connectivity index (χ2v) is 9.59. The molecule has 33 heavy (non-hydrogen) atoms. The molecule has 0 atom stereocenters. The molecule has 0 spiro atoms. The number of phenols is 1. The van der Waals surface area contributed by atoms with Crippen LogP contribution in [0.4, 0.5) is 5.00 Å². The lowest BCUT2D eigenvalue weighted by Crippen LogP contribution is -2.29. The Hall–Kier alpha value is -2.68. The van der Waals surface area contributed by atoms with Crippen molar-refractivity contribution in [1.82, 2.24) is 4.90 Å². The highest BCUT2D eigenvalue weighted by molar-refractivity contribution is 9.10. The summed E-state index contributed by atoms with van der Waals surface area (Å²) in [6.07, 6.45) is 2.45. The van der Waals surface area contributed by atoms with Crippen molar-refractivity contribution in [2.45, 2.75) is 26.4 Å². The van der Waals surface area contributed by atoms with Gasteiger partial charge in [0.05, 0.1) is 19.3 Å². The zero-order chi connectivity index (χ0) is 23.4. The summed E-state index contributed by atoms with van der Waals surface area (Å²) in [4.78, 5) is 21.0. The summed E-state index contributed by atoms with van der Waals surface area (Å²) in [6.45, 7) is 4.63. The number of aliphatic imine (C=N–C) groups is 1. The number of phenolic OH excluding ortho intramolecular Hbond substituents is 1. The standard InChI is InChI=1S/C25H25BrN2O4S/c1-3-32-25(30)23-18-9-10-28(14-16-7-5-4-6-8-16)15-22(18)33-24(23)27-13-17-11-21(31-2)20(29)12-19(17)26/h4-8,11-13,29H,3,9-10,14-15H2,1-2H3. The summed E-state index contributed by atoms with van der Waals surface area (Å²) in [5, 5.41) is 10.6. The average molecular weight is 529 g/mol. The van der Waals surface area contributed by atoms with E-state index in [2.05, 4.69) is 50.1 Å². The monoisotopic (exact) mass is 528 g/mol. The van der Waals surface area contributed by atoms with Crippen LogP contribution in [0, 0.1) is 0 Å². The fraction of sp³-hybridized carbons (Fsp3) is 0.280. The number of aromatic hydroxyl groups is 1. The van der Waals surface area contributed by atoms with Crippen molar-refractivity contribution >= 4 is 44.5 Å². The van der Waals surface area contributed by atoms with E-state index in [0.717, 1.165) is 42.1 Å². The second kappa shape index (κ2) is 10.5. The number of carbonyl (C=O) groups excluding carboxylic acids is 1. The molecule has 0 radical (unpaired) electrons. The Morgan fingerprint density at radius 2 is 2.09 bits per heavy atom. The van der Waals surface area contributed by atoms with Crippen molar-refractivity contribution < 1.29 is 19.4 Å². The molecule has 3 aromatic rings. The number of ether oxygens (including phenoxy) is 2. The maximum atomic E-state index is 12.8. The SMILES string of the molecule is CCOC(=O)c1c(N=Cc2cc(OC)c(O)cc2Br)sc2c1CCN(Cc1ccccc1)C2. The summed E-state index contributed by atoms with van der Waals surface area (Å²) in [5.41, 5.74) is 3.61. The van der Waals surface area contributed by atoms with E-state index in [-0.39, 0.29) is 11.7 Å². The highest BCUT2D eigenvalue weighted by Crippen LogP contribution is 2.40. The molecule has 1 aromatic heterocycles. The lowest BCUT2D eigenvalue weighted by Gasteiger charge is -2.27. The van der Waals surface area contributed by atoms with Gasteiger partial charge in [-0.2, -0.15) is 0 Å². The number of nitrogens with zero attached hydrogens (tertiary/aromatic N) is 2. The van der Waals surface area contributed by atoms with Crippen LogP contribution in [-0.4, -0.2) is 42.5 Å². The number of rotatable bonds is 7. The Bertz CT molecular complexity index is 1180. The summed E-state index contributed by atoms with van der Waals surface area (Å²) in [6, 6.07) is 13.7. The first kappa shape index (κ1) is 23.5. The first-order valence-corrected chi connectivity index (χ1v) is 12.3. The molecule has 0 fully saturated rings. The van der Waals surface area contributed by atoms with E-state index in [4.69, 9.17) is 9.47 Å². The van der Waals surface area contributed by atoms with Crippen molar-refractivity contribution in [1.29, 1.82) is 0 Å². The minimum absolute atomic E-state index is 0.0406. The molecule has 4 rings (SSSR count). The molecule has 0 unspecified atom stereocenters. The molecule has 1 aliphatic rings. The predicted molar refractivity (Wildman–Crippen MR) is 134 cm³/mol. The molecule has 1 aliphatic heterocycles. The third-order valence-corrected chi connectivity index (χ3v) is 7.28. The van der Waals surface area contributed by atoms with E-state index >= 15 is 0 Å². The summed E-state index contributed by atoms with van der Waals surface area (Å²) < 4.78 is 11.2. The molecule has 6 nitrogen and oxygen atoms in total. The quantitative estimate of drug-likeness (QED) is 0.314. The van der Waals surface area contributed by atoms with Gasteiger partial charge in [-0.1, -0.05) is 30.3 Å². The highest BCUT2D eigenvalue weighted by atomic mass is 79.9. The van der Waals surface area contributed by atoms with Gasteiger partial charge in [0.1, 0.15) is 5.00 Å². The molecular formula is C25H25BrN2O4S. The number of thiophene rings is 1. The largest absolute Gasteiger partial charge is 0.504 e. The fourth-order valence-electron chi connectivity index (χ4n) is 3.87. The van der Waals surface area contributed by atoms with Crippen molar-refractivity contribution in [2.75, 3.05) is 20.3 Å². The van der Waals surface area contributed by atoms with Crippen LogP contribution in [0.1, 0.15) is 38.8 Å². The first-order valence-electron chi connectivity index (χ1n) is 10.7. The number of hydrogen-bond donors (Lipinski definition) is 1. The van der Waals surface area contributed by atoms with E-state index < -0.39 is 0 Å². The van der Waals surface area contributed by atoms with Crippen molar-refractivity contribution in [3.05, 3.63) is 74.1 Å². The number of esters is 1. The molecule has 172 valence electrons. The van der Waals surface area contributed by atoms with E-state index in [1.807, 2.05) is 6.07 Å². The van der Waals surface area contributed by atoms with E-state index in [1.165, 1.54) is 24.0 Å². The first-order chi connectivity index (χ1) is 16.0. The Kier molecular flexibility index (Phi) is 7.47. The predicted octanol–water partition coefficient (Wildman–Crippen LogP) is 5.71. The lowest BCUT2D eigenvalue weighted by molar-refractivity contribution is 0.0526. The lowest BCUT2D eigenvalue weighted by atomic mass is 10.0. The zero-order valence-electron chi connectivity index (χ0n) is 18.5. The molecule has 0 saturated heterocycles. The van der Waals surface area contributed by atoms with Crippen molar-refractivity contribution in [2.24, 2.45) is 4.99 Å². The molecule has 0 aliphatic carbocycles. The van der Waals surface area contributed by atoms with Crippen molar-refractivity contribution in [3.63, 3.8) is 0 Å². The molecule has 0 amide bonds. The number of hydrogen-bond acceptors (Lipinski definition) is 7. The van der Waals surface area contributed by atoms with Crippen LogP contribution in [-0.2, 0) is 24.2 Å². The second-order valence-electron chi connectivity index (χ2n) is 7.65. The average Bonchev–Trinajstić information content (AvgIpc) is 3.17. The van der Waals surface area contributed by atoms with Crippen LogP contribution in [0.25, 0.3) is 0 Å². The number of benzene rings is 2.